The number of ketones is 1. The van der Waals surface area contributed by atoms with Crippen LogP contribution in [0.1, 0.15) is 68.9 Å². The summed E-state index contributed by atoms with van der Waals surface area (Å²) < 4.78 is 41.5. The maximum absolute atomic E-state index is 15.1. The van der Waals surface area contributed by atoms with Crippen molar-refractivity contribution in [3.05, 3.63) is 57.6 Å². The van der Waals surface area contributed by atoms with E-state index in [1.807, 2.05) is 6.92 Å². The summed E-state index contributed by atoms with van der Waals surface area (Å²) in [5.41, 5.74) is -0.451. The molecule has 4 rings (SSSR count). The highest BCUT2D eigenvalue weighted by atomic mass is 79.9. The van der Waals surface area contributed by atoms with Gasteiger partial charge < -0.3 is 9.47 Å². The maximum atomic E-state index is 15.1. The topological polar surface area (TPSA) is 72.9 Å². The minimum Gasteiger partial charge on any atom is -0.456 e. The number of Topliss-reactive ketones (excluding diaryl/α,β-unsaturated/α-hetero) is 1. The fourth-order valence-electron chi connectivity index (χ4n) is 4.30. The van der Waals surface area contributed by atoms with Crippen LogP contribution in [0.2, 0.25) is 0 Å². The fourth-order valence-corrected chi connectivity index (χ4v) is 4.66. The van der Waals surface area contributed by atoms with Crippen LogP contribution >= 0.6 is 15.9 Å². The Morgan fingerprint density at radius 3 is 2.24 bits per heavy atom. The average Bonchev–Trinajstić information content (AvgIpc) is 3.50. The summed E-state index contributed by atoms with van der Waals surface area (Å²) in [6.07, 6.45) is 1.22. The third-order valence-corrected chi connectivity index (χ3v) is 7.22. The number of benzene rings is 2. The van der Waals surface area contributed by atoms with Gasteiger partial charge in [0.2, 0.25) is 0 Å². The first-order valence-corrected chi connectivity index (χ1v) is 12.9. The van der Waals surface area contributed by atoms with Crippen LogP contribution in [0.25, 0.3) is 11.1 Å². The van der Waals surface area contributed by atoms with Gasteiger partial charge in [0.25, 0.3) is 5.92 Å². The number of nitrogens with zero attached hydrogens (tertiary/aromatic N) is 1. The lowest BCUT2D eigenvalue weighted by Crippen LogP contribution is -2.48. The third kappa shape index (κ3) is 5.71. The van der Waals surface area contributed by atoms with E-state index in [1.54, 1.807) is 32.9 Å². The molecule has 9 heteroatoms. The molecule has 198 valence electrons. The minimum absolute atomic E-state index is 0.0141. The molecule has 1 saturated carbocycles. The van der Waals surface area contributed by atoms with Gasteiger partial charge in [-0.2, -0.15) is 8.78 Å². The number of alkyl halides is 2. The number of hydrogen-bond acceptors (Lipinski definition) is 5. The molecule has 0 unspecified atom stereocenters. The number of fused-ring (bicyclic) bond motifs is 3. The van der Waals surface area contributed by atoms with Crippen molar-refractivity contribution in [2.75, 3.05) is 13.2 Å². The lowest BCUT2D eigenvalue weighted by Gasteiger charge is -2.32. The van der Waals surface area contributed by atoms with Crippen LogP contribution in [0, 0.1) is 5.41 Å². The van der Waals surface area contributed by atoms with Crippen molar-refractivity contribution < 1.29 is 32.6 Å². The van der Waals surface area contributed by atoms with Crippen LogP contribution in [-0.4, -0.2) is 47.5 Å². The van der Waals surface area contributed by atoms with Crippen molar-refractivity contribution in [2.24, 2.45) is 5.41 Å². The molecule has 0 aromatic heterocycles. The zero-order chi connectivity index (χ0) is 27.3. The average molecular weight is 578 g/mol. The summed E-state index contributed by atoms with van der Waals surface area (Å²) in [4.78, 5) is 39.8. The van der Waals surface area contributed by atoms with E-state index in [2.05, 4.69) is 15.9 Å². The molecule has 1 fully saturated rings. The van der Waals surface area contributed by atoms with Crippen molar-refractivity contribution in [2.45, 2.75) is 65.0 Å². The summed E-state index contributed by atoms with van der Waals surface area (Å²) in [7, 11) is 0. The highest BCUT2D eigenvalue weighted by Gasteiger charge is 2.45. The monoisotopic (exact) mass is 577 g/mol. The van der Waals surface area contributed by atoms with Crippen molar-refractivity contribution in [3.63, 3.8) is 0 Å². The molecular formula is C28H30BrF2NO5. The molecule has 37 heavy (non-hydrogen) atoms. The number of ether oxygens (including phenoxy) is 2. The van der Waals surface area contributed by atoms with Crippen LogP contribution in [0.3, 0.4) is 0 Å². The second-order valence-corrected chi connectivity index (χ2v) is 12.1. The maximum Gasteiger partial charge on any atom is 0.411 e. The smallest absolute Gasteiger partial charge is 0.411 e. The van der Waals surface area contributed by atoms with Crippen molar-refractivity contribution in [1.82, 2.24) is 4.90 Å². The molecule has 0 bridgehead atoms. The second kappa shape index (κ2) is 9.49. The third-order valence-electron chi connectivity index (χ3n) is 6.73. The number of halogens is 3. The molecule has 6 nitrogen and oxygen atoms in total. The van der Waals surface area contributed by atoms with Gasteiger partial charge >= 0.3 is 12.1 Å². The molecule has 0 aliphatic heterocycles. The Balaban J connectivity index is 1.45. The number of esters is 1. The van der Waals surface area contributed by atoms with E-state index in [-0.39, 0.29) is 22.1 Å². The van der Waals surface area contributed by atoms with Gasteiger partial charge in [-0.1, -0.05) is 41.1 Å². The predicted molar refractivity (Wildman–Crippen MR) is 138 cm³/mol. The zero-order valence-corrected chi connectivity index (χ0v) is 23.1. The molecule has 1 amide bonds. The zero-order valence-electron chi connectivity index (χ0n) is 21.5. The number of carbonyl (C=O) groups excluding carboxylic acids is 3. The molecule has 0 radical (unpaired) electrons. The van der Waals surface area contributed by atoms with Crippen LogP contribution in [0.5, 0.6) is 0 Å². The summed E-state index contributed by atoms with van der Waals surface area (Å²) >= 11 is 3.23. The summed E-state index contributed by atoms with van der Waals surface area (Å²) in [6, 6.07) is 7.78. The van der Waals surface area contributed by atoms with Gasteiger partial charge in [-0.05, 0) is 75.3 Å². The van der Waals surface area contributed by atoms with E-state index in [4.69, 9.17) is 9.47 Å². The molecule has 0 saturated heterocycles. The molecule has 0 heterocycles. The SMILES string of the molecule is C[C@@H](C(=O)OCC(=O)c1ccc2c(c1)C(F)(F)c1cc(Br)ccc1-2)N(CC1(C)CC1)C(=O)OC(C)(C)C. The molecule has 0 spiro atoms. The van der Waals surface area contributed by atoms with Crippen molar-refractivity contribution in [3.8, 4) is 11.1 Å². The first kappa shape index (κ1) is 27.2. The Bertz CT molecular complexity index is 1270. The number of rotatable bonds is 7. The highest BCUT2D eigenvalue weighted by Crippen LogP contribution is 2.51. The van der Waals surface area contributed by atoms with Crippen molar-refractivity contribution >= 4 is 33.8 Å². The first-order valence-electron chi connectivity index (χ1n) is 12.1. The van der Waals surface area contributed by atoms with E-state index >= 15 is 8.78 Å². The Morgan fingerprint density at radius 1 is 1.05 bits per heavy atom. The van der Waals surface area contributed by atoms with Gasteiger partial charge in [0.05, 0.1) is 0 Å². The summed E-state index contributed by atoms with van der Waals surface area (Å²) in [6.45, 7) is 8.44. The Hall–Kier alpha value is -2.81. The van der Waals surface area contributed by atoms with Crippen LogP contribution in [0.15, 0.2) is 40.9 Å². The minimum atomic E-state index is -3.26. The molecule has 2 aromatic rings. The van der Waals surface area contributed by atoms with Gasteiger partial charge in [-0.25, -0.2) is 9.59 Å². The molecular weight excluding hydrogens is 548 g/mol. The second-order valence-electron chi connectivity index (χ2n) is 11.2. The van der Waals surface area contributed by atoms with E-state index in [0.717, 1.165) is 18.9 Å². The van der Waals surface area contributed by atoms with E-state index in [0.29, 0.717) is 22.1 Å². The van der Waals surface area contributed by atoms with Gasteiger partial charge in [-0.3, -0.25) is 9.69 Å². The van der Waals surface area contributed by atoms with E-state index < -0.39 is 42.0 Å². The Labute approximate surface area is 223 Å². The standard InChI is InChI=1S/C28H30BrF2NO5/c1-16(32(15-27(5)10-11-27)25(35)37-26(2,3)4)24(34)36-14-23(33)17-6-8-19-20-9-7-18(29)13-22(20)28(30,31)21(19)12-17/h6-9,12-13,16H,10-11,14-15H2,1-5H3/t16-/m0/s1. The summed E-state index contributed by atoms with van der Waals surface area (Å²) in [5, 5.41) is 0. The van der Waals surface area contributed by atoms with E-state index in [1.165, 1.54) is 30.0 Å². The largest absolute Gasteiger partial charge is 0.456 e. The fraction of sp³-hybridized carbons (Fsp3) is 0.464. The summed E-state index contributed by atoms with van der Waals surface area (Å²) in [5.74, 6) is -4.65. The van der Waals surface area contributed by atoms with Gasteiger partial charge in [0, 0.05) is 27.7 Å². The van der Waals surface area contributed by atoms with Crippen LogP contribution < -0.4 is 0 Å². The molecule has 0 N–H and O–H groups in total. The number of amides is 1. The molecule has 2 aliphatic carbocycles. The van der Waals surface area contributed by atoms with Crippen LogP contribution in [-0.2, 0) is 20.2 Å². The van der Waals surface area contributed by atoms with Gasteiger partial charge in [0.15, 0.2) is 12.4 Å². The molecule has 2 aromatic carbocycles. The Morgan fingerprint density at radius 2 is 1.65 bits per heavy atom. The predicted octanol–water partition coefficient (Wildman–Crippen LogP) is 6.72. The molecule has 2 aliphatic rings. The lowest BCUT2D eigenvalue weighted by atomic mass is 10.0. The highest BCUT2D eigenvalue weighted by molar-refractivity contribution is 9.10. The quantitative estimate of drug-likeness (QED) is 0.270. The van der Waals surface area contributed by atoms with Gasteiger partial charge in [-0.15, -0.1) is 0 Å². The number of carbonyl (C=O) groups is 3. The van der Waals surface area contributed by atoms with Crippen LogP contribution in [0.4, 0.5) is 13.6 Å². The van der Waals surface area contributed by atoms with Gasteiger partial charge in [0.1, 0.15) is 11.6 Å². The lowest BCUT2D eigenvalue weighted by molar-refractivity contribution is -0.148. The van der Waals surface area contributed by atoms with E-state index in [9.17, 15) is 14.4 Å². The Kier molecular flexibility index (Phi) is 6.99. The first-order chi connectivity index (χ1) is 17.1. The number of hydrogen-bond donors (Lipinski definition) is 0. The normalized spacial score (nSPS) is 17.3. The molecule has 1 atom stereocenters. The van der Waals surface area contributed by atoms with Crippen molar-refractivity contribution in [1.29, 1.82) is 0 Å².